The number of carboxylic acid groups (broad SMARTS) is 2. The van der Waals surface area contributed by atoms with Crippen molar-refractivity contribution in [2.45, 2.75) is 11.3 Å². The normalized spacial score (nSPS) is 10.5. The van der Waals surface area contributed by atoms with E-state index in [1.807, 2.05) is 0 Å². The van der Waals surface area contributed by atoms with Crippen LogP contribution >= 0.6 is 0 Å². The van der Waals surface area contributed by atoms with Gasteiger partial charge >= 0.3 is 11.9 Å². The van der Waals surface area contributed by atoms with E-state index in [4.69, 9.17) is 20.7 Å². The SMILES string of the molecule is Nc1ccc(C(=O)O)cc1.O=C(O)COc1ccc(CCNS(=O)(=O)c2ccccc2)cc1. The molecule has 174 valence electrons. The number of sulfonamides is 1. The van der Waals surface area contributed by atoms with Crippen LogP contribution in [0.15, 0.2) is 83.8 Å². The zero-order valence-corrected chi connectivity index (χ0v) is 18.4. The fraction of sp³-hybridized carbons (Fsp3) is 0.130. The van der Waals surface area contributed by atoms with Crippen molar-refractivity contribution in [3.05, 3.63) is 90.0 Å². The molecule has 0 aliphatic heterocycles. The Balaban J connectivity index is 0.000000321. The van der Waals surface area contributed by atoms with Crippen LogP contribution in [0.5, 0.6) is 5.75 Å². The Bertz CT molecular complexity index is 1150. The van der Waals surface area contributed by atoms with E-state index in [0.717, 1.165) is 5.56 Å². The molecule has 0 bridgehead atoms. The average Bonchev–Trinajstić information content (AvgIpc) is 2.80. The first-order chi connectivity index (χ1) is 15.7. The topological polar surface area (TPSA) is 156 Å². The van der Waals surface area contributed by atoms with E-state index in [0.29, 0.717) is 17.9 Å². The molecule has 10 heteroatoms. The van der Waals surface area contributed by atoms with Crippen LogP contribution in [0.3, 0.4) is 0 Å². The van der Waals surface area contributed by atoms with Crippen LogP contribution < -0.4 is 15.2 Å². The summed E-state index contributed by atoms with van der Waals surface area (Å²) < 4.78 is 31.6. The van der Waals surface area contributed by atoms with Crippen molar-refractivity contribution in [2.75, 3.05) is 18.9 Å². The largest absolute Gasteiger partial charge is 0.482 e. The van der Waals surface area contributed by atoms with Gasteiger partial charge in [-0.05, 0) is 60.5 Å². The fourth-order valence-corrected chi connectivity index (χ4v) is 3.59. The van der Waals surface area contributed by atoms with Crippen molar-refractivity contribution in [1.82, 2.24) is 4.72 Å². The van der Waals surface area contributed by atoms with E-state index in [-0.39, 0.29) is 17.0 Å². The van der Waals surface area contributed by atoms with Crippen molar-refractivity contribution < 1.29 is 33.0 Å². The lowest BCUT2D eigenvalue weighted by atomic mass is 10.1. The van der Waals surface area contributed by atoms with E-state index in [1.54, 1.807) is 54.6 Å². The van der Waals surface area contributed by atoms with E-state index < -0.39 is 28.6 Å². The molecule has 0 saturated carbocycles. The maximum Gasteiger partial charge on any atom is 0.341 e. The molecule has 5 N–H and O–H groups in total. The highest BCUT2D eigenvalue weighted by Gasteiger charge is 2.12. The Hall–Kier alpha value is -3.89. The number of carboxylic acids is 2. The number of nitrogen functional groups attached to an aromatic ring is 1. The number of nitrogens with two attached hydrogens (primary N) is 1. The molecule has 0 aliphatic carbocycles. The first-order valence-corrected chi connectivity index (χ1v) is 11.2. The predicted octanol–water partition coefficient (Wildman–Crippen LogP) is 2.64. The van der Waals surface area contributed by atoms with E-state index in [9.17, 15) is 18.0 Å². The molecular formula is C23H24N2O7S. The molecule has 9 nitrogen and oxygen atoms in total. The van der Waals surface area contributed by atoms with Gasteiger partial charge in [-0.2, -0.15) is 0 Å². The Kier molecular flexibility index (Phi) is 9.40. The molecule has 0 amide bonds. The average molecular weight is 473 g/mol. The Labute approximate surface area is 191 Å². The highest BCUT2D eigenvalue weighted by atomic mass is 32.2. The molecule has 0 unspecified atom stereocenters. The van der Waals surface area contributed by atoms with Crippen LogP contribution in [0, 0.1) is 0 Å². The minimum atomic E-state index is -3.50. The van der Waals surface area contributed by atoms with Gasteiger partial charge in [0.05, 0.1) is 10.5 Å². The number of anilines is 1. The first-order valence-electron chi connectivity index (χ1n) is 9.74. The van der Waals surface area contributed by atoms with E-state index in [1.165, 1.54) is 24.3 Å². The summed E-state index contributed by atoms with van der Waals surface area (Å²) in [6.07, 6.45) is 0.519. The van der Waals surface area contributed by atoms with Gasteiger partial charge < -0.3 is 20.7 Å². The smallest absolute Gasteiger partial charge is 0.341 e. The second-order valence-corrected chi connectivity index (χ2v) is 8.48. The number of nitrogens with one attached hydrogen (secondary N) is 1. The third kappa shape index (κ3) is 9.01. The van der Waals surface area contributed by atoms with Crippen LogP contribution in [0.25, 0.3) is 0 Å². The zero-order valence-electron chi connectivity index (χ0n) is 17.5. The standard InChI is InChI=1S/C16H17NO5S.C7H7NO2/c18-16(19)12-22-14-8-6-13(7-9-14)10-11-17-23(20,21)15-4-2-1-3-5-15;8-6-3-1-5(2-4-6)7(9)10/h1-9,17H,10-12H2,(H,18,19);1-4H,8H2,(H,9,10). The number of benzene rings is 3. The lowest BCUT2D eigenvalue weighted by molar-refractivity contribution is -0.139. The van der Waals surface area contributed by atoms with E-state index in [2.05, 4.69) is 4.72 Å². The Morgan fingerprint density at radius 1 is 0.879 bits per heavy atom. The molecule has 3 rings (SSSR count). The van der Waals surface area contributed by atoms with Crippen molar-refractivity contribution in [1.29, 1.82) is 0 Å². The Morgan fingerprint density at radius 2 is 1.48 bits per heavy atom. The van der Waals surface area contributed by atoms with Gasteiger partial charge in [0.2, 0.25) is 10.0 Å². The summed E-state index contributed by atoms with van der Waals surface area (Å²) in [7, 11) is -3.50. The first kappa shape index (κ1) is 25.4. The molecule has 0 aliphatic rings. The molecule has 3 aromatic carbocycles. The third-order valence-corrected chi connectivity index (χ3v) is 5.68. The molecular weight excluding hydrogens is 448 g/mol. The van der Waals surface area contributed by atoms with Crippen molar-refractivity contribution >= 4 is 27.6 Å². The minimum Gasteiger partial charge on any atom is -0.482 e. The molecule has 0 atom stereocenters. The van der Waals surface area contributed by atoms with Gasteiger partial charge in [-0.15, -0.1) is 0 Å². The van der Waals surface area contributed by atoms with Gasteiger partial charge in [0.15, 0.2) is 6.61 Å². The molecule has 0 aromatic heterocycles. The summed E-state index contributed by atoms with van der Waals surface area (Å²) in [5.74, 6) is -1.51. The molecule has 0 spiro atoms. The van der Waals surface area contributed by atoms with Gasteiger partial charge in [-0.3, -0.25) is 0 Å². The molecule has 0 fully saturated rings. The zero-order chi connectivity index (χ0) is 24.3. The van der Waals surface area contributed by atoms with Crippen molar-refractivity contribution in [3.63, 3.8) is 0 Å². The fourth-order valence-electron chi connectivity index (χ4n) is 2.54. The van der Waals surface area contributed by atoms with Crippen LogP contribution in [0.4, 0.5) is 5.69 Å². The monoisotopic (exact) mass is 472 g/mol. The maximum atomic E-state index is 12.0. The quantitative estimate of drug-likeness (QED) is 0.346. The van der Waals surface area contributed by atoms with Crippen LogP contribution in [0.2, 0.25) is 0 Å². The van der Waals surface area contributed by atoms with Gasteiger partial charge in [0.25, 0.3) is 0 Å². The molecule has 0 radical (unpaired) electrons. The molecule has 3 aromatic rings. The number of aromatic carboxylic acids is 1. The summed E-state index contributed by atoms with van der Waals surface area (Å²) in [6.45, 7) is -0.122. The van der Waals surface area contributed by atoms with E-state index >= 15 is 0 Å². The number of aliphatic carboxylic acids is 1. The second kappa shape index (κ2) is 12.2. The minimum absolute atomic E-state index is 0.234. The number of rotatable bonds is 9. The number of ether oxygens (including phenoxy) is 1. The van der Waals surface area contributed by atoms with Gasteiger partial charge in [-0.25, -0.2) is 22.7 Å². The third-order valence-electron chi connectivity index (χ3n) is 4.20. The Morgan fingerprint density at radius 3 is 2.03 bits per heavy atom. The predicted molar refractivity (Wildman–Crippen MR) is 123 cm³/mol. The summed E-state index contributed by atoms with van der Waals surface area (Å²) in [5, 5.41) is 17.0. The van der Waals surface area contributed by atoms with Crippen LogP contribution in [0.1, 0.15) is 15.9 Å². The van der Waals surface area contributed by atoms with Crippen molar-refractivity contribution in [3.8, 4) is 5.75 Å². The number of hydrogen-bond donors (Lipinski definition) is 4. The van der Waals surface area contributed by atoms with Crippen LogP contribution in [-0.2, 0) is 21.2 Å². The summed E-state index contributed by atoms with van der Waals surface area (Å²) in [4.78, 5) is 20.9. The molecule has 33 heavy (non-hydrogen) atoms. The highest BCUT2D eigenvalue weighted by molar-refractivity contribution is 7.89. The summed E-state index contributed by atoms with van der Waals surface area (Å²) >= 11 is 0. The number of carbonyl (C=O) groups is 2. The van der Waals surface area contributed by atoms with Gasteiger partial charge in [0.1, 0.15) is 5.75 Å². The number of hydrogen-bond acceptors (Lipinski definition) is 6. The second-order valence-electron chi connectivity index (χ2n) is 6.71. The highest BCUT2D eigenvalue weighted by Crippen LogP contribution is 2.13. The molecule has 0 heterocycles. The van der Waals surface area contributed by atoms with Gasteiger partial charge in [-0.1, -0.05) is 30.3 Å². The lowest BCUT2D eigenvalue weighted by Gasteiger charge is -2.07. The maximum absolute atomic E-state index is 12.0. The summed E-state index contributed by atoms with van der Waals surface area (Å²) in [6, 6.07) is 21.1. The van der Waals surface area contributed by atoms with Gasteiger partial charge in [0, 0.05) is 12.2 Å². The van der Waals surface area contributed by atoms with Crippen molar-refractivity contribution in [2.24, 2.45) is 0 Å². The molecule has 0 saturated heterocycles. The van der Waals surface area contributed by atoms with Crippen LogP contribution in [-0.4, -0.2) is 43.7 Å². The lowest BCUT2D eigenvalue weighted by Crippen LogP contribution is -2.25. The summed E-state index contributed by atoms with van der Waals surface area (Å²) in [5.41, 5.74) is 7.09.